The lowest BCUT2D eigenvalue weighted by Crippen LogP contribution is -2.54. The van der Waals surface area contributed by atoms with Crippen LogP contribution >= 0.6 is 11.6 Å². The third kappa shape index (κ3) is 4.17. The summed E-state index contributed by atoms with van der Waals surface area (Å²) in [4.78, 5) is 16.6. The maximum atomic E-state index is 12.5. The van der Waals surface area contributed by atoms with Crippen LogP contribution in [0.2, 0.25) is 5.02 Å². The molecule has 132 valence electrons. The minimum Gasteiger partial charge on any atom is -0.497 e. The molecule has 0 spiro atoms. The maximum Gasteiger partial charge on any atom is 0.321 e. The predicted molar refractivity (Wildman–Crippen MR) is 102 cm³/mol. The number of ether oxygens (including phenoxy) is 1. The number of anilines is 2. The largest absolute Gasteiger partial charge is 0.497 e. The summed E-state index contributed by atoms with van der Waals surface area (Å²) in [5, 5.41) is 3.57. The van der Waals surface area contributed by atoms with E-state index >= 15 is 0 Å². The van der Waals surface area contributed by atoms with Gasteiger partial charge in [0.2, 0.25) is 0 Å². The molecule has 2 aromatic carbocycles. The Labute approximate surface area is 153 Å². The number of rotatable bonds is 3. The van der Waals surface area contributed by atoms with Crippen LogP contribution in [0.25, 0.3) is 0 Å². The molecule has 2 aromatic rings. The standard InChI is InChI=1S/C19H22ClN3O2/c1-14-13-22(19(24)21-16-5-3-15(20)4-6-16)11-12-23(14)17-7-9-18(25-2)10-8-17/h3-10,14H,11-13H2,1-2H3,(H,21,24). The fraction of sp³-hybridized carbons (Fsp3) is 0.316. The third-order valence-corrected chi connectivity index (χ3v) is 4.67. The smallest absolute Gasteiger partial charge is 0.321 e. The fourth-order valence-electron chi connectivity index (χ4n) is 3.04. The molecule has 1 N–H and O–H groups in total. The molecule has 1 aliphatic heterocycles. The summed E-state index contributed by atoms with van der Waals surface area (Å²) in [7, 11) is 1.66. The van der Waals surface area contributed by atoms with E-state index in [1.165, 1.54) is 0 Å². The van der Waals surface area contributed by atoms with Crippen LogP contribution in [-0.2, 0) is 0 Å². The number of hydrogen-bond donors (Lipinski definition) is 1. The van der Waals surface area contributed by atoms with Crippen LogP contribution in [0, 0.1) is 0 Å². The van der Waals surface area contributed by atoms with Crippen LogP contribution in [0.3, 0.4) is 0 Å². The average Bonchev–Trinajstić information content (AvgIpc) is 2.63. The zero-order valence-electron chi connectivity index (χ0n) is 14.4. The van der Waals surface area contributed by atoms with Crippen LogP contribution in [-0.4, -0.2) is 43.7 Å². The van der Waals surface area contributed by atoms with Gasteiger partial charge in [0.15, 0.2) is 0 Å². The highest BCUT2D eigenvalue weighted by atomic mass is 35.5. The van der Waals surface area contributed by atoms with Gasteiger partial charge >= 0.3 is 6.03 Å². The molecular formula is C19H22ClN3O2. The minimum atomic E-state index is -0.0800. The molecule has 1 heterocycles. The lowest BCUT2D eigenvalue weighted by Gasteiger charge is -2.41. The van der Waals surface area contributed by atoms with Crippen molar-refractivity contribution in [1.82, 2.24) is 4.90 Å². The first-order chi connectivity index (χ1) is 12.1. The van der Waals surface area contributed by atoms with E-state index in [-0.39, 0.29) is 12.1 Å². The summed E-state index contributed by atoms with van der Waals surface area (Å²) < 4.78 is 5.21. The number of halogens is 1. The number of hydrogen-bond acceptors (Lipinski definition) is 3. The van der Waals surface area contributed by atoms with Gasteiger partial charge in [-0.05, 0) is 55.5 Å². The highest BCUT2D eigenvalue weighted by Gasteiger charge is 2.27. The van der Waals surface area contributed by atoms with Crippen LogP contribution in [0.4, 0.5) is 16.2 Å². The van der Waals surface area contributed by atoms with Gasteiger partial charge in [0.1, 0.15) is 5.75 Å². The van der Waals surface area contributed by atoms with E-state index in [1.807, 2.05) is 17.0 Å². The molecule has 1 saturated heterocycles. The number of methoxy groups -OCH3 is 1. The minimum absolute atomic E-state index is 0.0800. The molecule has 0 radical (unpaired) electrons. The van der Waals surface area contributed by atoms with Gasteiger partial charge in [-0.2, -0.15) is 0 Å². The van der Waals surface area contributed by atoms with Crippen LogP contribution in [0.15, 0.2) is 48.5 Å². The first kappa shape index (κ1) is 17.4. The van der Waals surface area contributed by atoms with Crippen LogP contribution < -0.4 is 15.0 Å². The van der Waals surface area contributed by atoms with E-state index in [4.69, 9.17) is 16.3 Å². The lowest BCUT2D eigenvalue weighted by molar-refractivity contribution is 0.200. The van der Waals surface area contributed by atoms with Gasteiger partial charge in [0.25, 0.3) is 0 Å². The van der Waals surface area contributed by atoms with Crippen molar-refractivity contribution in [2.45, 2.75) is 13.0 Å². The van der Waals surface area contributed by atoms with Crippen molar-refractivity contribution >= 4 is 29.0 Å². The molecule has 5 nitrogen and oxygen atoms in total. The summed E-state index contributed by atoms with van der Waals surface area (Å²) in [5.41, 5.74) is 1.89. The Bertz CT molecular complexity index is 718. The van der Waals surface area contributed by atoms with Crippen molar-refractivity contribution in [3.05, 3.63) is 53.6 Å². The number of carbonyl (C=O) groups excluding carboxylic acids is 1. The Hall–Kier alpha value is -2.40. The topological polar surface area (TPSA) is 44.8 Å². The quantitative estimate of drug-likeness (QED) is 0.897. The van der Waals surface area contributed by atoms with Gasteiger partial charge in [0.05, 0.1) is 7.11 Å². The van der Waals surface area contributed by atoms with E-state index < -0.39 is 0 Å². The summed E-state index contributed by atoms with van der Waals surface area (Å²) >= 11 is 5.87. The molecule has 3 rings (SSSR count). The number of benzene rings is 2. The molecule has 1 unspecified atom stereocenters. The maximum absolute atomic E-state index is 12.5. The highest BCUT2D eigenvalue weighted by molar-refractivity contribution is 6.30. The number of urea groups is 1. The normalized spacial score (nSPS) is 17.3. The molecule has 0 aliphatic carbocycles. The summed E-state index contributed by atoms with van der Waals surface area (Å²) in [6, 6.07) is 15.3. The SMILES string of the molecule is COc1ccc(N2CCN(C(=O)Nc3ccc(Cl)cc3)CC2C)cc1. The van der Waals surface area contributed by atoms with Crippen molar-refractivity contribution in [2.24, 2.45) is 0 Å². The number of piperazine rings is 1. The Morgan fingerprint density at radius 2 is 1.80 bits per heavy atom. The van der Waals surface area contributed by atoms with Crippen molar-refractivity contribution in [1.29, 1.82) is 0 Å². The zero-order valence-corrected chi connectivity index (χ0v) is 15.2. The second-order valence-corrected chi connectivity index (χ2v) is 6.56. The van der Waals surface area contributed by atoms with Gasteiger partial charge in [-0.3, -0.25) is 0 Å². The number of nitrogens with zero attached hydrogens (tertiary/aromatic N) is 2. The first-order valence-electron chi connectivity index (χ1n) is 8.29. The van der Waals surface area contributed by atoms with Gasteiger partial charge < -0.3 is 19.9 Å². The monoisotopic (exact) mass is 359 g/mol. The molecule has 0 saturated carbocycles. The third-order valence-electron chi connectivity index (χ3n) is 4.41. The van der Waals surface area contributed by atoms with Gasteiger partial charge in [-0.15, -0.1) is 0 Å². The van der Waals surface area contributed by atoms with Crippen molar-refractivity contribution in [3.63, 3.8) is 0 Å². The fourth-order valence-corrected chi connectivity index (χ4v) is 3.16. The molecule has 1 atom stereocenters. The molecule has 0 aromatic heterocycles. The van der Waals surface area contributed by atoms with E-state index in [2.05, 4.69) is 29.3 Å². The van der Waals surface area contributed by atoms with Gasteiger partial charge in [0, 0.05) is 42.1 Å². The second-order valence-electron chi connectivity index (χ2n) is 6.12. The van der Waals surface area contributed by atoms with E-state index in [0.717, 1.165) is 23.7 Å². The van der Waals surface area contributed by atoms with Gasteiger partial charge in [-0.1, -0.05) is 11.6 Å². The molecule has 2 amide bonds. The van der Waals surface area contributed by atoms with Gasteiger partial charge in [-0.25, -0.2) is 4.79 Å². The number of amides is 2. The molecule has 0 bridgehead atoms. The molecule has 25 heavy (non-hydrogen) atoms. The number of carbonyl (C=O) groups is 1. The Balaban J connectivity index is 1.60. The Morgan fingerprint density at radius 3 is 2.40 bits per heavy atom. The number of nitrogens with one attached hydrogen (secondary N) is 1. The van der Waals surface area contributed by atoms with Crippen molar-refractivity contribution in [2.75, 3.05) is 37.0 Å². The molecule has 6 heteroatoms. The molecule has 1 aliphatic rings. The highest BCUT2D eigenvalue weighted by Crippen LogP contribution is 2.24. The van der Waals surface area contributed by atoms with Crippen LogP contribution in [0.1, 0.15) is 6.92 Å². The van der Waals surface area contributed by atoms with E-state index in [0.29, 0.717) is 18.1 Å². The van der Waals surface area contributed by atoms with Crippen molar-refractivity contribution < 1.29 is 9.53 Å². The predicted octanol–water partition coefficient (Wildman–Crippen LogP) is 4.09. The molecular weight excluding hydrogens is 338 g/mol. The Morgan fingerprint density at radius 1 is 1.12 bits per heavy atom. The van der Waals surface area contributed by atoms with Crippen LogP contribution in [0.5, 0.6) is 5.75 Å². The Kier molecular flexibility index (Phi) is 5.34. The van der Waals surface area contributed by atoms with Crippen molar-refractivity contribution in [3.8, 4) is 5.75 Å². The summed E-state index contributed by atoms with van der Waals surface area (Å²) in [6.07, 6.45) is 0. The van der Waals surface area contributed by atoms with E-state index in [1.54, 1.807) is 31.4 Å². The molecule has 1 fully saturated rings. The summed E-state index contributed by atoms with van der Waals surface area (Å²) in [6.45, 7) is 4.27. The zero-order chi connectivity index (χ0) is 17.8. The average molecular weight is 360 g/mol. The first-order valence-corrected chi connectivity index (χ1v) is 8.67. The summed E-state index contributed by atoms with van der Waals surface area (Å²) in [5.74, 6) is 0.845. The lowest BCUT2D eigenvalue weighted by atomic mass is 10.1. The second kappa shape index (κ2) is 7.66. The van der Waals surface area contributed by atoms with E-state index in [9.17, 15) is 4.79 Å².